The lowest BCUT2D eigenvalue weighted by Crippen LogP contribution is -1.99. The van der Waals surface area contributed by atoms with E-state index >= 15 is 0 Å². The Labute approximate surface area is 128 Å². The molecule has 4 nitrogen and oxygen atoms in total. The number of hydrogen-bond donors (Lipinski definition) is 1. The Balaban J connectivity index is 1.82. The highest BCUT2D eigenvalue weighted by molar-refractivity contribution is 7.99. The zero-order valence-electron chi connectivity index (χ0n) is 12.0. The summed E-state index contributed by atoms with van der Waals surface area (Å²) in [7, 11) is 0. The summed E-state index contributed by atoms with van der Waals surface area (Å²) in [5.41, 5.74) is 2.31. The van der Waals surface area contributed by atoms with E-state index in [0.29, 0.717) is 6.04 Å². The van der Waals surface area contributed by atoms with Crippen molar-refractivity contribution in [3.05, 3.63) is 30.5 Å². The van der Waals surface area contributed by atoms with Crippen LogP contribution in [0.15, 0.2) is 35.6 Å². The summed E-state index contributed by atoms with van der Waals surface area (Å²) in [6.45, 7) is 2.20. The molecule has 0 saturated heterocycles. The molecule has 3 aromatic rings. The minimum atomic E-state index is 0.586. The van der Waals surface area contributed by atoms with Crippen molar-refractivity contribution < 1.29 is 0 Å². The first-order chi connectivity index (χ1) is 10.4. The fraction of sp³-hybridized carbons (Fsp3) is 0.375. The predicted molar refractivity (Wildman–Crippen MR) is 86.6 cm³/mol. The van der Waals surface area contributed by atoms with Gasteiger partial charge >= 0.3 is 0 Å². The number of fused-ring (bicyclic) bond motifs is 1. The highest BCUT2D eigenvalue weighted by Gasteiger charge is 2.30. The molecule has 0 amide bonds. The van der Waals surface area contributed by atoms with E-state index < -0.39 is 0 Å². The van der Waals surface area contributed by atoms with E-state index in [4.69, 9.17) is 0 Å². The van der Waals surface area contributed by atoms with E-state index in [1.165, 1.54) is 18.2 Å². The molecule has 0 spiro atoms. The maximum absolute atomic E-state index is 4.50. The number of aromatic nitrogens is 4. The lowest BCUT2D eigenvalue weighted by molar-refractivity contribution is 0.669. The number of nitrogens with one attached hydrogen (secondary N) is 1. The topological polar surface area (TPSA) is 46.5 Å². The first-order valence-corrected chi connectivity index (χ1v) is 8.51. The normalized spacial score (nSPS) is 14.9. The van der Waals surface area contributed by atoms with Crippen LogP contribution in [0.4, 0.5) is 0 Å². The van der Waals surface area contributed by atoms with Gasteiger partial charge in [0.2, 0.25) is 0 Å². The number of aromatic amines is 1. The largest absolute Gasteiger partial charge is 0.360 e. The first kappa shape index (κ1) is 13.0. The summed E-state index contributed by atoms with van der Waals surface area (Å²) in [4.78, 5) is 3.34. The first-order valence-electron chi connectivity index (χ1n) is 7.52. The Morgan fingerprint density at radius 1 is 1.29 bits per heavy atom. The SMILES string of the molecule is CCCSc1nnc(-c2c[nH]c3ccccc23)n1C1CC1. The summed E-state index contributed by atoms with van der Waals surface area (Å²) in [5, 5.41) is 11.2. The van der Waals surface area contributed by atoms with Gasteiger partial charge in [0.05, 0.1) is 0 Å². The Hall–Kier alpha value is -1.75. The van der Waals surface area contributed by atoms with E-state index in [1.54, 1.807) is 0 Å². The zero-order valence-corrected chi connectivity index (χ0v) is 12.9. The molecular weight excluding hydrogens is 280 g/mol. The molecule has 4 rings (SSSR count). The van der Waals surface area contributed by atoms with Crippen LogP contribution in [0.25, 0.3) is 22.3 Å². The van der Waals surface area contributed by atoms with Gasteiger partial charge in [-0.3, -0.25) is 4.57 Å². The standard InChI is InChI=1S/C16H18N4S/c1-2-9-21-16-19-18-15(20(16)11-7-8-11)13-10-17-14-6-4-3-5-12(13)14/h3-6,10-11,17H,2,7-9H2,1H3. The smallest absolute Gasteiger partial charge is 0.191 e. The van der Waals surface area contributed by atoms with Gasteiger partial charge in [0, 0.05) is 34.5 Å². The van der Waals surface area contributed by atoms with Gasteiger partial charge in [-0.1, -0.05) is 36.9 Å². The van der Waals surface area contributed by atoms with Gasteiger partial charge in [0.25, 0.3) is 0 Å². The molecule has 2 aromatic heterocycles. The van der Waals surface area contributed by atoms with Crippen molar-refractivity contribution in [1.29, 1.82) is 0 Å². The third-order valence-corrected chi connectivity index (χ3v) is 4.99. The van der Waals surface area contributed by atoms with E-state index in [9.17, 15) is 0 Å². The van der Waals surface area contributed by atoms with Crippen molar-refractivity contribution in [3.63, 3.8) is 0 Å². The van der Waals surface area contributed by atoms with Crippen molar-refractivity contribution in [2.75, 3.05) is 5.75 Å². The van der Waals surface area contributed by atoms with E-state index in [1.807, 2.05) is 11.8 Å². The Bertz CT molecular complexity index is 770. The molecular formula is C16H18N4S. The van der Waals surface area contributed by atoms with Crippen LogP contribution in [0.2, 0.25) is 0 Å². The summed E-state index contributed by atoms with van der Waals surface area (Å²) in [6.07, 6.45) is 5.70. The highest BCUT2D eigenvalue weighted by atomic mass is 32.2. The van der Waals surface area contributed by atoms with Crippen LogP contribution in [-0.4, -0.2) is 25.5 Å². The van der Waals surface area contributed by atoms with Gasteiger partial charge in [-0.25, -0.2) is 0 Å². The maximum Gasteiger partial charge on any atom is 0.191 e. The average Bonchev–Trinajstić information content (AvgIpc) is 3.13. The molecule has 1 aliphatic rings. The fourth-order valence-corrected chi connectivity index (χ4v) is 3.53. The number of rotatable bonds is 5. The molecule has 1 aromatic carbocycles. The monoisotopic (exact) mass is 298 g/mol. The minimum absolute atomic E-state index is 0.586. The molecule has 21 heavy (non-hydrogen) atoms. The molecule has 0 atom stereocenters. The molecule has 1 aliphatic carbocycles. The number of nitrogens with zero attached hydrogens (tertiary/aromatic N) is 3. The van der Waals surface area contributed by atoms with Crippen molar-refractivity contribution in [3.8, 4) is 11.4 Å². The van der Waals surface area contributed by atoms with Crippen LogP contribution < -0.4 is 0 Å². The van der Waals surface area contributed by atoms with Gasteiger partial charge in [-0.05, 0) is 25.3 Å². The Morgan fingerprint density at radius 2 is 2.14 bits per heavy atom. The maximum atomic E-state index is 4.50. The van der Waals surface area contributed by atoms with Crippen LogP contribution in [0.3, 0.4) is 0 Å². The molecule has 108 valence electrons. The van der Waals surface area contributed by atoms with Crippen LogP contribution in [0, 0.1) is 0 Å². The highest BCUT2D eigenvalue weighted by Crippen LogP contribution is 2.42. The second-order valence-corrected chi connectivity index (χ2v) is 6.57. The van der Waals surface area contributed by atoms with E-state index in [2.05, 4.69) is 57.1 Å². The molecule has 5 heteroatoms. The van der Waals surface area contributed by atoms with Gasteiger partial charge < -0.3 is 4.98 Å². The quantitative estimate of drug-likeness (QED) is 0.716. The van der Waals surface area contributed by atoms with Crippen LogP contribution >= 0.6 is 11.8 Å². The van der Waals surface area contributed by atoms with Crippen LogP contribution in [-0.2, 0) is 0 Å². The molecule has 1 N–H and O–H groups in total. The zero-order chi connectivity index (χ0) is 14.2. The lowest BCUT2D eigenvalue weighted by atomic mass is 10.1. The molecule has 1 saturated carbocycles. The molecule has 1 fully saturated rings. The number of hydrogen-bond acceptors (Lipinski definition) is 3. The molecule has 2 heterocycles. The Morgan fingerprint density at radius 3 is 2.95 bits per heavy atom. The van der Waals surface area contributed by atoms with Crippen molar-refractivity contribution in [2.45, 2.75) is 37.4 Å². The summed E-state index contributed by atoms with van der Waals surface area (Å²) in [5.74, 6) is 2.10. The van der Waals surface area contributed by atoms with Gasteiger partial charge in [-0.15, -0.1) is 10.2 Å². The fourth-order valence-electron chi connectivity index (χ4n) is 2.67. The summed E-state index contributed by atoms with van der Waals surface area (Å²) >= 11 is 1.82. The second-order valence-electron chi connectivity index (χ2n) is 5.50. The number of H-pyrrole nitrogens is 1. The van der Waals surface area contributed by atoms with Gasteiger partial charge in [0.1, 0.15) is 0 Å². The predicted octanol–water partition coefficient (Wildman–Crippen LogP) is 4.26. The van der Waals surface area contributed by atoms with E-state index in [-0.39, 0.29) is 0 Å². The Kier molecular flexibility index (Phi) is 3.22. The summed E-state index contributed by atoms with van der Waals surface area (Å²) < 4.78 is 2.34. The van der Waals surface area contributed by atoms with Crippen molar-refractivity contribution in [1.82, 2.24) is 19.7 Å². The van der Waals surface area contributed by atoms with Gasteiger partial charge in [0.15, 0.2) is 11.0 Å². The lowest BCUT2D eigenvalue weighted by Gasteiger charge is -2.07. The third-order valence-electron chi connectivity index (χ3n) is 3.84. The number of benzene rings is 1. The van der Waals surface area contributed by atoms with Crippen molar-refractivity contribution in [2.24, 2.45) is 0 Å². The van der Waals surface area contributed by atoms with Gasteiger partial charge in [-0.2, -0.15) is 0 Å². The molecule has 0 radical (unpaired) electrons. The molecule has 0 aliphatic heterocycles. The van der Waals surface area contributed by atoms with Crippen LogP contribution in [0.1, 0.15) is 32.2 Å². The second kappa shape index (κ2) is 5.22. The summed E-state index contributed by atoms with van der Waals surface area (Å²) in [6, 6.07) is 8.96. The van der Waals surface area contributed by atoms with Crippen molar-refractivity contribution >= 4 is 22.7 Å². The number of para-hydroxylation sites is 1. The number of thioether (sulfide) groups is 1. The molecule has 0 unspecified atom stereocenters. The van der Waals surface area contributed by atoms with E-state index in [0.717, 1.165) is 34.2 Å². The van der Waals surface area contributed by atoms with Crippen LogP contribution in [0.5, 0.6) is 0 Å². The average molecular weight is 298 g/mol. The minimum Gasteiger partial charge on any atom is -0.360 e. The molecule has 0 bridgehead atoms. The third kappa shape index (κ3) is 2.25.